The van der Waals surface area contributed by atoms with E-state index in [4.69, 9.17) is 0 Å². The van der Waals surface area contributed by atoms with E-state index in [1.165, 1.54) is 25.7 Å². The summed E-state index contributed by atoms with van der Waals surface area (Å²) < 4.78 is 0. The summed E-state index contributed by atoms with van der Waals surface area (Å²) in [7, 11) is 0. The number of hydrogen-bond acceptors (Lipinski definition) is 1. The topological polar surface area (TPSA) is 17.1 Å². The maximum absolute atomic E-state index is 11.4. The van der Waals surface area contributed by atoms with Gasteiger partial charge in [-0.15, -0.1) is 0 Å². The summed E-state index contributed by atoms with van der Waals surface area (Å²) >= 11 is 0. The third kappa shape index (κ3) is 11.2. The van der Waals surface area contributed by atoms with Crippen molar-refractivity contribution in [1.82, 2.24) is 0 Å². The van der Waals surface area contributed by atoms with Gasteiger partial charge in [-0.3, -0.25) is 4.79 Å². The molecule has 0 heterocycles. The molecule has 0 saturated heterocycles. The monoisotopic (exact) mass is 222 g/mol. The average Bonchev–Trinajstić information content (AvgIpc) is 2.28. The molecule has 0 saturated carbocycles. The Balaban J connectivity index is 3.21. The second kappa shape index (κ2) is 12.2. The van der Waals surface area contributed by atoms with Crippen LogP contribution in [0.25, 0.3) is 0 Å². The second-order valence-corrected chi connectivity index (χ2v) is 4.26. The van der Waals surface area contributed by atoms with Crippen molar-refractivity contribution in [3.63, 3.8) is 0 Å². The number of carbonyl (C=O) groups is 1. The molecule has 0 aliphatic rings. The van der Waals surface area contributed by atoms with Crippen molar-refractivity contribution in [2.45, 2.75) is 64.7 Å². The van der Waals surface area contributed by atoms with Crippen LogP contribution in [-0.2, 0) is 4.79 Å². The number of unbranched alkanes of at least 4 members (excludes halogenated alkanes) is 5. The molecule has 0 amide bonds. The molecule has 16 heavy (non-hydrogen) atoms. The largest absolute Gasteiger partial charge is 0.300 e. The molecular formula is C15H26O. The van der Waals surface area contributed by atoms with Gasteiger partial charge in [0.15, 0.2) is 0 Å². The van der Waals surface area contributed by atoms with Gasteiger partial charge in [0.2, 0.25) is 0 Å². The number of Topliss-reactive ketones (excluding diaryl/α,β-unsaturated/α-hetero) is 1. The van der Waals surface area contributed by atoms with Crippen LogP contribution in [0, 0.1) is 0 Å². The van der Waals surface area contributed by atoms with Crippen LogP contribution < -0.4 is 0 Å². The maximum Gasteiger partial charge on any atom is 0.132 e. The second-order valence-electron chi connectivity index (χ2n) is 4.26. The zero-order valence-corrected chi connectivity index (χ0v) is 10.7. The van der Waals surface area contributed by atoms with Crippen molar-refractivity contribution < 1.29 is 4.79 Å². The maximum atomic E-state index is 11.4. The molecule has 0 aromatic rings. The first kappa shape index (κ1) is 15.2. The minimum absolute atomic E-state index is 0.454. The lowest BCUT2D eigenvalue weighted by Crippen LogP contribution is -1.97. The number of carbonyl (C=O) groups excluding carboxylic acids is 1. The van der Waals surface area contributed by atoms with E-state index in [1.54, 1.807) is 6.08 Å². The number of ketones is 1. The summed E-state index contributed by atoms with van der Waals surface area (Å²) in [5.74, 6) is 0.454. The standard InChI is InChI=1S/C15H26O/c1-3-5-7-8-9-10-12-14-15(16)13-11-6-4-2/h3,5,7H,1,4,6,8-14H2,2H3. The third-order valence-corrected chi connectivity index (χ3v) is 2.66. The van der Waals surface area contributed by atoms with Gasteiger partial charge in [-0.1, -0.05) is 51.0 Å². The minimum Gasteiger partial charge on any atom is -0.300 e. The van der Waals surface area contributed by atoms with Crippen LogP contribution >= 0.6 is 0 Å². The SMILES string of the molecule is C=CC=CCCCCCC(=O)CCCCC. The Labute approximate surface area is 101 Å². The molecule has 0 aromatic carbocycles. The van der Waals surface area contributed by atoms with Crippen molar-refractivity contribution in [2.75, 3.05) is 0 Å². The van der Waals surface area contributed by atoms with Gasteiger partial charge in [0.25, 0.3) is 0 Å². The Bertz CT molecular complexity index is 203. The summed E-state index contributed by atoms with van der Waals surface area (Å²) in [5.41, 5.74) is 0. The fraction of sp³-hybridized carbons (Fsp3) is 0.667. The highest BCUT2D eigenvalue weighted by atomic mass is 16.1. The molecule has 0 N–H and O–H groups in total. The van der Waals surface area contributed by atoms with Crippen LogP contribution in [0.15, 0.2) is 24.8 Å². The molecular weight excluding hydrogens is 196 g/mol. The van der Waals surface area contributed by atoms with Gasteiger partial charge in [0, 0.05) is 12.8 Å². The van der Waals surface area contributed by atoms with Gasteiger partial charge in [-0.25, -0.2) is 0 Å². The number of rotatable bonds is 11. The lowest BCUT2D eigenvalue weighted by Gasteiger charge is -2.00. The molecule has 92 valence electrons. The molecule has 0 rings (SSSR count). The minimum atomic E-state index is 0.454. The first-order valence-corrected chi connectivity index (χ1v) is 6.60. The fourth-order valence-corrected chi connectivity index (χ4v) is 1.65. The van der Waals surface area contributed by atoms with E-state index in [0.29, 0.717) is 5.78 Å². The highest BCUT2D eigenvalue weighted by Gasteiger charge is 2.00. The summed E-state index contributed by atoms with van der Waals surface area (Å²) in [5, 5.41) is 0. The molecule has 0 aliphatic heterocycles. The molecule has 0 bridgehead atoms. The molecule has 0 fully saturated rings. The van der Waals surface area contributed by atoms with Crippen molar-refractivity contribution in [2.24, 2.45) is 0 Å². The Hall–Kier alpha value is -0.850. The quantitative estimate of drug-likeness (QED) is 0.361. The van der Waals surface area contributed by atoms with E-state index in [2.05, 4.69) is 19.6 Å². The smallest absolute Gasteiger partial charge is 0.132 e. The van der Waals surface area contributed by atoms with Crippen LogP contribution in [0.5, 0.6) is 0 Å². The van der Waals surface area contributed by atoms with E-state index in [9.17, 15) is 4.79 Å². The molecule has 1 nitrogen and oxygen atoms in total. The Morgan fingerprint density at radius 1 is 1.06 bits per heavy atom. The zero-order chi connectivity index (χ0) is 12.1. The first-order valence-electron chi connectivity index (χ1n) is 6.60. The third-order valence-electron chi connectivity index (χ3n) is 2.66. The summed E-state index contributed by atoms with van der Waals surface area (Å²) in [6, 6.07) is 0. The zero-order valence-electron chi connectivity index (χ0n) is 10.7. The van der Waals surface area contributed by atoms with E-state index in [0.717, 1.165) is 32.1 Å². The van der Waals surface area contributed by atoms with Crippen LogP contribution in [-0.4, -0.2) is 5.78 Å². The van der Waals surface area contributed by atoms with Gasteiger partial charge < -0.3 is 0 Å². The number of hydrogen-bond donors (Lipinski definition) is 0. The predicted molar refractivity (Wildman–Crippen MR) is 71.6 cm³/mol. The van der Waals surface area contributed by atoms with Gasteiger partial charge >= 0.3 is 0 Å². The highest BCUT2D eigenvalue weighted by Crippen LogP contribution is 2.08. The molecule has 0 unspecified atom stereocenters. The molecule has 0 aliphatic carbocycles. The van der Waals surface area contributed by atoms with E-state index in [-0.39, 0.29) is 0 Å². The van der Waals surface area contributed by atoms with Crippen LogP contribution in [0.1, 0.15) is 64.7 Å². The fourth-order valence-electron chi connectivity index (χ4n) is 1.65. The van der Waals surface area contributed by atoms with Crippen LogP contribution in [0.2, 0.25) is 0 Å². The molecule has 0 radical (unpaired) electrons. The highest BCUT2D eigenvalue weighted by molar-refractivity contribution is 5.78. The summed E-state index contributed by atoms with van der Waals surface area (Å²) in [6.45, 7) is 5.79. The summed E-state index contributed by atoms with van der Waals surface area (Å²) in [6.07, 6.45) is 15.5. The van der Waals surface area contributed by atoms with Crippen molar-refractivity contribution in [3.05, 3.63) is 24.8 Å². The normalized spacial score (nSPS) is 10.8. The molecule has 0 atom stereocenters. The van der Waals surface area contributed by atoms with E-state index < -0.39 is 0 Å². The Morgan fingerprint density at radius 2 is 1.75 bits per heavy atom. The van der Waals surface area contributed by atoms with Crippen molar-refractivity contribution in [3.8, 4) is 0 Å². The average molecular weight is 222 g/mol. The van der Waals surface area contributed by atoms with E-state index >= 15 is 0 Å². The summed E-state index contributed by atoms with van der Waals surface area (Å²) in [4.78, 5) is 11.4. The lowest BCUT2D eigenvalue weighted by atomic mass is 10.1. The van der Waals surface area contributed by atoms with Gasteiger partial charge in [-0.05, 0) is 25.7 Å². The van der Waals surface area contributed by atoms with Gasteiger partial charge in [0.1, 0.15) is 5.78 Å². The number of allylic oxidation sites excluding steroid dienone is 3. The van der Waals surface area contributed by atoms with E-state index in [1.807, 2.05) is 6.08 Å². The molecule has 0 spiro atoms. The predicted octanol–water partition coefficient (Wildman–Crippen LogP) is 4.83. The van der Waals surface area contributed by atoms with Crippen molar-refractivity contribution in [1.29, 1.82) is 0 Å². The Morgan fingerprint density at radius 3 is 2.38 bits per heavy atom. The first-order chi connectivity index (χ1) is 7.81. The van der Waals surface area contributed by atoms with Gasteiger partial charge in [-0.2, -0.15) is 0 Å². The van der Waals surface area contributed by atoms with Crippen molar-refractivity contribution >= 4 is 5.78 Å². The Kier molecular flexibility index (Phi) is 11.6. The molecule has 1 heteroatoms. The van der Waals surface area contributed by atoms with Gasteiger partial charge in [0.05, 0.1) is 0 Å². The van der Waals surface area contributed by atoms with Crippen LogP contribution in [0.4, 0.5) is 0 Å². The van der Waals surface area contributed by atoms with Crippen LogP contribution in [0.3, 0.4) is 0 Å². The lowest BCUT2D eigenvalue weighted by molar-refractivity contribution is -0.119. The molecule has 0 aromatic heterocycles.